The number of fused-ring (bicyclic) bond motifs is 1. The van der Waals surface area contributed by atoms with E-state index in [-0.39, 0.29) is 11.7 Å². The molecule has 0 saturated carbocycles. The number of halogens is 4. The van der Waals surface area contributed by atoms with Crippen molar-refractivity contribution in [3.8, 4) is 11.6 Å². The summed E-state index contributed by atoms with van der Waals surface area (Å²) in [5, 5.41) is 3.05. The molecule has 1 aliphatic rings. The first-order chi connectivity index (χ1) is 11.8. The Morgan fingerprint density at radius 1 is 1.28 bits per heavy atom. The summed E-state index contributed by atoms with van der Waals surface area (Å²) in [6.45, 7) is 2.17. The van der Waals surface area contributed by atoms with Crippen molar-refractivity contribution < 1.29 is 27.1 Å². The van der Waals surface area contributed by atoms with Gasteiger partial charge in [0.15, 0.2) is 11.6 Å². The third-order valence-corrected chi connectivity index (χ3v) is 3.67. The number of nitrogens with one attached hydrogen (secondary N) is 1. The normalized spacial score (nSPS) is 14.1. The lowest BCUT2D eigenvalue weighted by Crippen LogP contribution is -2.26. The smallest absolute Gasteiger partial charge is 0.420 e. The molecule has 1 aromatic heterocycles. The second kappa shape index (κ2) is 6.40. The van der Waals surface area contributed by atoms with E-state index in [9.17, 15) is 22.4 Å². The summed E-state index contributed by atoms with van der Waals surface area (Å²) in [5.74, 6) is -2.31. The Labute approximate surface area is 140 Å². The average molecular weight is 355 g/mol. The van der Waals surface area contributed by atoms with Crippen molar-refractivity contribution in [2.75, 3.05) is 6.54 Å². The lowest BCUT2D eigenvalue weighted by Gasteiger charge is -2.20. The van der Waals surface area contributed by atoms with Crippen LogP contribution in [-0.4, -0.2) is 22.3 Å². The standard InChI is InChI=1S/C16H13F4N3O2/c1-8(24)14-22-12-7-21-5-4-10(12)15(23-14)25-13-3-2-9(17)6-11(13)16(18,19)20/h2-3,6,21H,4-5,7H2,1H3. The van der Waals surface area contributed by atoms with Crippen molar-refractivity contribution >= 4 is 5.78 Å². The first kappa shape index (κ1) is 17.3. The molecule has 0 fully saturated rings. The first-order valence-electron chi connectivity index (χ1n) is 7.41. The van der Waals surface area contributed by atoms with Gasteiger partial charge in [-0.05, 0) is 31.2 Å². The molecule has 1 aromatic carbocycles. The molecule has 0 unspecified atom stereocenters. The van der Waals surface area contributed by atoms with Gasteiger partial charge < -0.3 is 10.1 Å². The van der Waals surface area contributed by atoms with E-state index in [2.05, 4.69) is 15.3 Å². The summed E-state index contributed by atoms with van der Waals surface area (Å²) in [7, 11) is 0. The zero-order chi connectivity index (χ0) is 18.2. The molecule has 9 heteroatoms. The summed E-state index contributed by atoms with van der Waals surface area (Å²) in [6.07, 6.45) is -4.36. The van der Waals surface area contributed by atoms with Crippen LogP contribution in [0.15, 0.2) is 18.2 Å². The van der Waals surface area contributed by atoms with Gasteiger partial charge in [-0.2, -0.15) is 18.2 Å². The van der Waals surface area contributed by atoms with E-state index in [0.717, 1.165) is 12.1 Å². The maximum atomic E-state index is 13.2. The number of benzene rings is 1. The number of alkyl halides is 3. The van der Waals surface area contributed by atoms with Gasteiger partial charge in [0.1, 0.15) is 17.1 Å². The second-order valence-electron chi connectivity index (χ2n) is 5.50. The lowest BCUT2D eigenvalue weighted by molar-refractivity contribution is -0.138. The Morgan fingerprint density at radius 2 is 2.04 bits per heavy atom. The van der Waals surface area contributed by atoms with Crippen LogP contribution in [0, 0.1) is 5.82 Å². The van der Waals surface area contributed by atoms with Gasteiger partial charge in [-0.15, -0.1) is 0 Å². The number of hydrogen-bond donors (Lipinski definition) is 1. The molecular formula is C16H13F4N3O2. The summed E-state index contributed by atoms with van der Waals surface area (Å²) < 4.78 is 58.0. The zero-order valence-electron chi connectivity index (χ0n) is 13.1. The van der Waals surface area contributed by atoms with Crippen LogP contribution in [0.2, 0.25) is 0 Å². The topological polar surface area (TPSA) is 64.1 Å². The van der Waals surface area contributed by atoms with Gasteiger partial charge in [-0.1, -0.05) is 0 Å². The minimum Gasteiger partial charge on any atom is -0.438 e. The number of ketones is 1. The number of nitrogens with zero attached hydrogens (tertiary/aromatic N) is 2. The van der Waals surface area contributed by atoms with Crippen LogP contribution in [0.1, 0.15) is 34.4 Å². The fraction of sp³-hybridized carbons (Fsp3) is 0.312. The molecule has 0 bridgehead atoms. The molecular weight excluding hydrogens is 342 g/mol. The van der Waals surface area contributed by atoms with Crippen molar-refractivity contribution in [2.45, 2.75) is 26.1 Å². The Morgan fingerprint density at radius 3 is 2.72 bits per heavy atom. The molecule has 132 valence electrons. The maximum Gasteiger partial charge on any atom is 0.420 e. The van der Waals surface area contributed by atoms with Crippen LogP contribution in [-0.2, 0) is 19.1 Å². The predicted molar refractivity (Wildman–Crippen MR) is 78.9 cm³/mol. The van der Waals surface area contributed by atoms with Crippen molar-refractivity contribution in [2.24, 2.45) is 0 Å². The van der Waals surface area contributed by atoms with E-state index < -0.39 is 29.1 Å². The Balaban J connectivity index is 2.09. The van der Waals surface area contributed by atoms with Gasteiger partial charge in [-0.25, -0.2) is 9.37 Å². The summed E-state index contributed by atoms with van der Waals surface area (Å²) in [6, 6.07) is 2.11. The van der Waals surface area contributed by atoms with Crippen LogP contribution < -0.4 is 10.1 Å². The van der Waals surface area contributed by atoms with Gasteiger partial charge in [0.2, 0.25) is 5.88 Å². The SMILES string of the molecule is CC(=O)c1nc2c(c(Oc3ccc(F)cc3C(F)(F)F)n1)CCNC2. The number of aromatic nitrogens is 2. The maximum absolute atomic E-state index is 13.2. The Kier molecular flexibility index (Phi) is 4.42. The monoisotopic (exact) mass is 355 g/mol. The van der Waals surface area contributed by atoms with Crippen LogP contribution in [0.4, 0.5) is 17.6 Å². The van der Waals surface area contributed by atoms with E-state index in [1.807, 2.05) is 0 Å². The van der Waals surface area contributed by atoms with Crippen molar-refractivity contribution in [1.29, 1.82) is 0 Å². The summed E-state index contributed by atoms with van der Waals surface area (Å²) >= 11 is 0. The quantitative estimate of drug-likeness (QED) is 0.676. The van der Waals surface area contributed by atoms with Gasteiger partial charge in [0.25, 0.3) is 0 Å². The van der Waals surface area contributed by atoms with Crippen LogP contribution >= 0.6 is 0 Å². The Hall–Kier alpha value is -2.55. The first-order valence-corrected chi connectivity index (χ1v) is 7.41. The summed E-state index contributed by atoms with van der Waals surface area (Å²) in [4.78, 5) is 19.6. The fourth-order valence-corrected chi connectivity index (χ4v) is 2.48. The van der Waals surface area contributed by atoms with E-state index in [4.69, 9.17) is 4.74 Å². The Bertz CT molecular complexity index is 837. The minimum atomic E-state index is -4.80. The van der Waals surface area contributed by atoms with Crippen molar-refractivity contribution in [3.63, 3.8) is 0 Å². The molecule has 1 aliphatic heterocycles. The molecule has 2 heterocycles. The van der Waals surface area contributed by atoms with Gasteiger partial charge in [0, 0.05) is 19.0 Å². The highest BCUT2D eigenvalue weighted by Gasteiger charge is 2.35. The van der Waals surface area contributed by atoms with Gasteiger partial charge >= 0.3 is 6.18 Å². The molecule has 25 heavy (non-hydrogen) atoms. The van der Waals surface area contributed by atoms with E-state index in [1.165, 1.54) is 6.92 Å². The highest BCUT2D eigenvalue weighted by molar-refractivity contribution is 5.90. The molecule has 0 radical (unpaired) electrons. The van der Waals surface area contributed by atoms with Crippen LogP contribution in [0.25, 0.3) is 0 Å². The number of carbonyl (C=O) groups is 1. The number of carbonyl (C=O) groups excluding carboxylic acids is 1. The number of Topliss-reactive ketones (excluding diaryl/α,β-unsaturated/α-hetero) is 1. The van der Waals surface area contributed by atoms with Gasteiger partial charge in [-0.3, -0.25) is 4.79 Å². The molecule has 3 rings (SSSR count). The molecule has 5 nitrogen and oxygen atoms in total. The van der Waals surface area contributed by atoms with Gasteiger partial charge in [0.05, 0.1) is 5.69 Å². The molecule has 0 aliphatic carbocycles. The summed E-state index contributed by atoms with van der Waals surface area (Å²) in [5.41, 5.74) is -0.225. The van der Waals surface area contributed by atoms with E-state index >= 15 is 0 Å². The third kappa shape index (κ3) is 3.60. The van der Waals surface area contributed by atoms with Crippen molar-refractivity contribution in [3.05, 3.63) is 46.7 Å². The van der Waals surface area contributed by atoms with E-state index in [1.54, 1.807) is 0 Å². The molecule has 1 N–H and O–H groups in total. The molecule has 2 aromatic rings. The predicted octanol–water partition coefficient (Wildman–Crippen LogP) is 3.28. The fourth-order valence-electron chi connectivity index (χ4n) is 2.48. The lowest BCUT2D eigenvalue weighted by atomic mass is 10.1. The highest BCUT2D eigenvalue weighted by atomic mass is 19.4. The molecule has 0 saturated heterocycles. The van der Waals surface area contributed by atoms with E-state index in [0.29, 0.717) is 36.8 Å². The molecule has 0 spiro atoms. The number of hydrogen-bond acceptors (Lipinski definition) is 5. The van der Waals surface area contributed by atoms with Crippen molar-refractivity contribution in [1.82, 2.24) is 15.3 Å². The largest absolute Gasteiger partial charge is 0.438 e. The molecule has 0 atom stereocenters. The highest BCUT2D eigenvalue weighted by Crippen LogP contribution is 2.39. The average Bonchev–Trinajstić information content (AvgIpc) is 2.55. The number of rotatable bonds is 3. The molecule has 0 amide bonds. The zero-order valence-corrected chi connectivity index (χ0v) is 13.1. The minimum absolute atomic E-state index is 0.117. The second-order valence-corrected chi connectivity index (χ2v) is 5.50. The van der Waals surface area contributed by atoms with Crippen LogP contribution in [0.3, 0.4) is 0 Å². The third-order valence-electron chi connectivity index (χ3n) is 3.67. The number of ether oxygens (including phenoxy) is 1. The van der Waals surface area contributed by atoms with Crippen LogP contribution in [0.5, 0.6) is 11.6 Å².